The summed E-state index contributed by atoms with van der Waals surface area (Å²) >= 11 is 0. The van der Waals surface area contributed by atoms with E-state index in [1.807, 2.05) is 6.08 Å². The molecule has 3 unspecified atom stereocenters. The number of aliphatic hydroxyl groups excluding tert-OH is 1. The van der Waals surface area contributed by atoms with Crippen molar-refractivity contribution >= 4 is 0 Å². The summed E-state index contributed by atoms with van der Waals surface area (Å²) in [4.78, 5) is 0. The lowest BCUT2D eigenvalue weighted by molar-refractivity contribution is 0.0691. The van der Waals surface area contributed by atoms with E-state index in [-0.39, 0.29) is 6.10 Å². The standard InChI is InChI=1S/C11H21NO/c1-3-9(2)12-8-10-6-4-5-7-11(10)13/h3,9-13H,1,4-8H2,2H3. The van der Waals surface area contributed by atoms with Gasteiger partial charge in [-0.2, -0.15) is 0 Å². The van der Waals surface area contributed by atoms with Crippen LogP contribution >= 0.6 is 0 Å². The van der Waals surface area contributed by atoms with Crippen LogP contribution < -0.4 is 5.32 Å². The monoisotopic (exact) mass is 183 g/mol. The van der Waals surface area contributed by atoms with E-state index in [2.05, 4.69) is 18.8 Å². The molecule has 1 aliphatic carbocycles. The molecule has 1 saturated carbocycles. The molecule has 3 atom stereocenters. The van der Waals surface area contributed by atoms with Gasteiger partial charge in [0, 0.05) is 12.6 Å². The third kappa shape index (κ3) is 3.49. The Hall–Kier alpha value is -0.340. The largest absolute Gasteiger partial charge is 0.393 e. The molecular formula is C11H21NO. The maximum atomic E-state index is 9.69. The predicted octanol–water partition coefficient (Wildman–Crippen LogP) is 1.70. The highest BCUT2D eigenvalue weighted by Gasteiger charge is 2.22. The first-order valence-corrected chi connectivity index (χ1v) is 5.28. The van der Waals surface area contributed by atoms with Gasteiger partial charge in [-0.15, -0.1) is 6.58 Å². The van der Waals surface area contributed by atoms with Crippen molar-refractivity contribution in [2.24, 2.45) is 5.92 Å². The zero-order valence-corrected chi connectivity index (χ0v) is 8.50. The Labute approximate surface area is 81.0 Å². The van der Waals surface area contributed by atoms with Gasteiger partial charge < -0.3 is 10.4 Å². The van der Waals surface area contributed by atoms with E-state index < -0.39 is 0 Å². The molecule has 0 spiro atoms. The summed E-state index contributed by atoms with van der Waals surface area (Å²) in [5.41, 5.74) is 0. The van der Waals surface area contributed by atoms with E-state index in [9.17, 15) is 5.11 Å². The first-order chi connectivity index (χ1) is 6.24. The molecule has 13 heavy (non-hydrogen) atoms. The maximum Gasteiger partial charge on any atom is 0.0580 e. The number of nitrogens with one attached hydrogen (secondary N) is 1. The Morgan fingerprint density at radius 1 is 1.54 bits per heavy atom. The van der Waals surface area contributed by atoms with Crippen molar-refractivity contribution in [3.8, 4) is 0 Å². The SMILES string of the molecule is C=CC(C)NCC1CCCCC1O. The van der Waals surface area contributed by atoms with Crippen molar-refractivity contribution in [3.63, 3.8) is 0 Å². The van der Waals surface area contributed by atoms with Crippen LogP contribution in [0, 0.1) is 5.92 Å². The van der Waals surface area contributed by atoms with Crippen molar-refractivity contribution in [2.45, 2.75) is 44.8 Å². The lowest BCUT2D eigenvalue weighted by Crippen LogP contribution is -2.36. The Balaban J connectivity index is 2.22. The number of rotatable bonds is 4. The number of hydrogen-bond donors (Lipinski definition) is 2. The molecule has 0 heterocycles. The second-order valence-corrected chi connectivity index (χ2v) is 4.04. The van der Waals surface area contributed by atoms with E-state index in [1.165, 1.54) is 12.8 Å². The molecule has 0 aromatic carbocycles. The predicted molar refractivity (Wildman–Crippen MR) is 55.6 cm³/mol. The molecule has 0 aromatic rings. The highest BCUT2D eigenvalue weighted by molar-refractivity contribution is 4.84. The first-order valence-electron chi connectivity index (χ1n) is 5.28. The van der Waals surface area contributed by atoms with Crippen molar-refractivity contribution in [3.05, 3.63) is 12.7 Å². The fraction of sp³-hybridized carbons (Fsp3) is 0.818. The van der Waals surface area contributed by atoms with Gasteiger partial charge in [-0.25, -0.2) is 0 Å². The molecule has 2 nitrogen and oxygen atoms in total. The van der Waals surface area contributed by atoms with Crippen LogP contribution in [-0.2, 0) is 0 Å². The quantitative estimate of drug-likeness (QED) is 0.650. The Morgan fingerprint density at radius 2 is 2.23 bits per heavy atom. The van der Waals surface area contributed by atoms with Gasteiger partial charge in [0.1, 0.15) is 0 Å². The van der Waals surface area contributed by atoms with Crippen LogP contribution in [0.5, 0.6) is 0 Å². The number of aliphatic hydroxyl groups is 1. The molecule has 2 heteroatoms. The zero-order chi connectivity index (χ0) is 9.68. The van der Waals surface area contributed by atoms with Gasteiger partial charge in [-0.1, -0.05) is 18.9 Å². The van der Waals surface area contributed by atoms with E-state index in [1.54, 1.807) is 0 Å². The molecule has 0 aromatic heterocycles. The summed E-state index contributed by atoms with van der Waals surface area (Å²) in [6.45, 7) is 6.73. The highest BCUT2D eigenvalue weighted by atomic mass is 16.3. The zero-order valence-electron chi connectivity index (χ0n) is 8.50. The second kappa shape index (κ2) is 5.40. The summed E-state index contributed by atoms with van der Waals surface area (Å²) in [5.74, 6) is 0.455. The third-order valence-electron chi connectivity index (χ3n) is 2.92. The minimum atomic E-state index is -0.0849. The second-order valence-electron chi connectivity index (χ2n) is 4.04. The first kappa shape index (κ1) is 10.7. The fourth-order valence-corrected chi connectivity index (χ4v) is 1.85. The van der Waals surface area contributed by atoms with Crippen LogP contribution in [0.3, 0.4) is 0 Å². The Bertz CT molecular complexity index is 158. The van der Waals surface area contributed by atoms with E-state index in [0.29, 0.717) is 12.0 Å². The molecule has 1 rings (SSSR count). The van der Waals surface area contributed by atoms with Gasteiger partial charge in [0.15, 0.2) is 0 Å². The average molecular weight is 183 g/mol. The van der Waals surface area contributed by atoms with Crippen LogP contribution in [0.2, 0.25) is 0 Å². The summed E-state index contributed by atoms with van der Waals surface area (Å²) < 4.78 is 0. The summed E-state index contributed by atoms with van der Waals surface area (Å²) in [6.07, 6.45) is 6.42. The molecule has 2 N–H and O–H groups in total. The van der Waals surface area contributed by atoms with Crippen LogP contribution in [0.1, 0.15) is 32.6 Å². The molecule has 0 amide bonds. The fourth-order valence-electron chi connectivity index (χ4n) is 1.85. The normalized spacial score (nSPS) is 31.2. The van der Waals surface area contributed by atoms with Crippen molar-refractivity contribution in [1.82, 2.24) is 5.32 Å². The molecule has 0 aliphatic heterocycles. The molecule has 0 bridgehead atoms. The van der Waals surface area contributed by atoms with E-state index >= 15 is 0 Å². The third-order valence-corrected chi connectivity index (χ3v) is 2.92. The summed E-state index contributed by atoms with van der Waals surface area (Å²) in [5, 5.41) is 13.0. The van der Waals surface area contributed by atoms with Gasteiger partial charge >= 0.3 is 0 Å². The van der Waals surface area contributed by atoms with E-state index in [4.69, 9.17) is 0 Å². The minimum Gasteiger partial charge on any atom is -0.393 e. The van der Waals surface area contributed by atoms with Gasteiger partial charge in [0.25, 0.3) is 0 Å². The van der Waals surface area contributed by atoms with Crippen LogP contribution in [0.4, 0.5) is 0 Å². The van der Waals surface area contributed by atoms with Crippen molar-refractivity contribution in [1.29, 1.82) is 0 Å². The smallest absolute Gasteiger partial charge is 0.0580 e. The van der Waals surface area contributed by atoms with Gasteiger partial charge in [-0.05, 0) is 25.7 Å². The lowest BCUT2D eigenvalue weighted by Gasteiger charge is -2.28. The molecule has 0 saturated heterocycles. The van der Waals surface area contributed by atoms with Gasteiger partial charge in [0.05, 0.1) is 6.10 Å². The van der Waals surface area contributed by atoms with Crippen LogP contribution in [-0.4, -0.2) is 23.8 Å². The molecule has 76 valence electrons. The molecular weight excluding hydrogens is 162 g/mol. The summed E-state index contributed by atoms with van der Waals surface area (Å²) in [6, 6.07) is 0.356. The maximum absolute atomic E-state index is 9.69. The lowest BCUT2D eigenvalue weighted by atomic mass is 9.86. The van der Waals surface area contributed by atoms with Gasteiger partial charge in [0.2, 0.25) is 0 Å². The topological polar surface area (TPSA) is 32.3 Å². The van der Waals surface area contributed by atoms with Crippen molar-refractivity contribution < 1.29 is 5.11 Å². The molecule has 1 fully saturated rings. The van der Waals surface area contributed by atoms with Crippen LogP contribution in [0.25, 0.3) is 0 Å². The average Bonchev–Trinajstić information content (AvgIpc) is 2.16. The van der Waals surface area contributed by atoms with Crippen molar-refractivity contribution in [2.75, 3.05) is 6.54 Å². The molecule has 1 aliphatic rings. The Morgan fingerprint density at radius 3 is 2.85 bits per heavy atom. The van der Waals surface area contributed by atoms with Gasteiger partial charge in [-0.3, -0.25) is 0 Å². The summed E-state index contributed by atoms with van der Waals surface area (Å²) in [7, 11) is 0. The highest BCUT2D eigenvalue weighted by Crippen LogP contribution is 2.23. The minimum absolute atomic E-state index is 0.0849. The number of hydrogen-bond acceptors (Lipinski definition) is 2. The van der Waals surface area contributed by atoms with Crippen LogP contribution in [0.15, 0.2) is 12.7 Å². The Kier molecular flexibility index (Phi) is 4.46. The van der Waals surface area contributed by atoms with E-state index in [0.717, 1.165) is 19.4 Å². The molecule has 0 radical (unpaired) electrons.